The summed E-state index contributed by atoms with van der Waals surface area (Å²) in [6.07, 6.45) is 7.14. The van der Waals surface area contributed by atoms with E-state index in [0.29, 0.717) is 13.2 Å². The minimum Gasteiger partial charge on any atom is -0.388 e. The van der Waals surface area contributed by atoms with Crippen molar-refractivity contribution in [2.24, 2.45) is 10.9 Å². The highest BCUT2D eigenvalue weighted by Gasteiger charge is 2.28. The second-order valence-electron chi connectivity index (χ2n) is 7.36. The van der Waals surface area contributed by atoms with Gasteiger partial charge in [0.2, 0.25) is 0 Å². The third-order valence-electron chi connectivity index (χ3n) is 5.38. The van der Waals surface area contributed by atoms with Gasteiger partial charge in [-0.25, -0.2) is 9.97 Å². The van der Waals surface area contributed by atoms with Gasteiger partial charge >= 0.3 is 0 Å². The van der Waals surface area contributed by atoms with Crippen molar-refractivity contribution in [3.8, 4) is 0 Å². The SMILES string of the molecule is COCC(O)C1N=CC(c2c(C)nc3c(N4CCOCC4)nccn23)=CC1C. The Hall–Kier alpha value is -2.29. The lowest BCUT2D eigenvalue weighted by Gasteiger charge is -2.28. The molecule has 3 unspecified atom stereocenters. The van der Waals surface area contributed by atoms with Crippen molar-refractivity contribution in [1.82, 2.24) is 14.4 Å². The number of allylic oxidation sites excluding steroid dienone is 1. The number of ether oxygens (including phenoxy) is 2. The van der Waals surface area contributed by atoms with Crippen molar-refractivity contribution in [1.29, 1.82) is 0 Å². The number of rotatable bonds is 5. The van der Waals surface area contributed by atoms with Crippen molar-refractivity contribution < 1.29 is 14.6 Å². The number of aliphatic imine (C=N–C) groups is 1. The van der Waals surface area contributed by atoms with Gasteiger partial charge in [-0.2, -0.15) is 0 Å². The molecule has 4 heterocycles. The van der Waals surface area contributed by atoms with E-state index in [1.54, 1.807) is 7.11 Å². The number of imidazole rings is 1. The van der Waals surface area contributed by atoms with Crippen molar-refractivity contribution in [3.63, 3.8) is 0 Å². The van der Waals surface area contributed by atoms with E-state index in [2.05, 4.69) is 32.3 Å². The molecule has 2 aromatic heterocycles. The predicted molar refractivity (Wildman–Crippen MR) is 108 cm³/mol. The normalized spacial score (nSPS) is 23.9. The van der Waals surface area contributed by atoms with Gasteiger partial charge in [0.05, 0.1) is 37.3 Å². The van der Waals surface area contributed by atoms with Crippen LogP contribution in [-0.2, 0) is 9.47 Å². The van der Waals surface area contributed by atoms with Gasteiger partial charge < -0.3 is 19.5 Å². The van der Waals surface area contributed by atoms with E-state index in [0.717, 1.165) is 41.5 Å². The first-order valence-corrected chi connectivity index (χ1v) is 9.69. The Bertz CT molecular complexity index is 901. The molecule has 0 radical (unpaired) electrons. The molecule has 0 saturated carbocycles. The lowest BCUT2D eigenvalue weighted by atomic mass is 9.91. The quantitative estimate of drug-likeness (QED) is 0.837. The fourth-order valence-electron chi connectivity index (χ4n) is 4.01. The van der Waals surface area contributed by atoms with Gasteiger partial charge in [-0.05, 0) is 12.8 Å². The molecular weight excluding hydrogens is 358 g/mol. The van der Waals surface area contributed by atoms with Gasteiger partial charge in [0.15, 0.2) is 11.5 Å². The molecule has 0 spiro atoms. The average molecular weight is 385 g/mol. The Morgan fingerprint density at radius 1 is 1.36 bits per heavy atom. The third-order valence-corrected chi connectivity index (χ3v) is 5.38. The molecule has 28 heavy (non-hydrogen) atoms. The summed E-state index contributed by atoms with van der Waals surface area (Å²) in [7, 11) is 1.59. The molecule has 0 aromatic carbocycles. The first-order chi connectivity index (χ1) is 13.6. The second kappa shape index (κ2) is 7.98. The minimum absolute atomic E-state index is 0.0932. The van der Waals surface area contributed by atoms with E-state index in [1.165, 1.54) is 0 Å². The van der Waals surface area contributed by atoms with Crippen LogP contribution >= 0.6 is 0 Å². The molecular formula is C20H27N5O3. The van der Waals surface area contributed by atoms with Crippen LogP contribution in [0.15, 0.2) is 23.5 Å². The zero-order chi connectivity index (χ0) is 19.7. The molecule has 2 aromatic rings. The summed E-state index contributed by atoms with van der Waals surface area (Å²) in [6, 6.07) is -0.200. The summed E-state index contributed by atoms with van der Waals surface area (Å²) < 4.78 is 12.6. The number of hydrogen-bond donors (Lipinski definition) is 1. The maximum Gasteiger partial charge on any atom is 0.181 e. The van der Waals surface area contributed by atoms with Crippen molar-refractivity contribution in [3.05, 3.63) is 29.9 Å². The minimum atomic E-state index is -0.616. The van der Waals surface area contributed by atoms with E-state index in [4.69, 9.17) is 14.5 Å². The molecule has 8 heteroatoms. The van der Waals surface area contributed by atoms with Crippen LogP contribution in [0.2, 0.25) is 0 Å². The van der Waals surface area contributed by atoms with Gasteiger partial charge in [0, 0.05) is 44.4 Å². The summed E-state index contributed by atoms with van der Waals surface area (Å²) >= 11 is 0. The average Bonchev–Trinajstić information content (AvgIpc) is 3.04. The Labute approximate surface area is 164 Å². The summed E-state index contributed by atoms with van der Waals surface area (Å²) in [6.45, 7) is 7.39. The molecule has 2 aliphatic rings. The zero-order valence-electron chi connectivity index (χ0n) is 16.6. The van der Waals surface area contributed by atoms with Crippen molar-refractivity contribution in [2.75, 3.05) is 44.9 Å². The Morgan fingerprint density at radius 2 is 2.14 bits per heavy atom. The standard InChI is InChI=1S/C20H27N5O3/c1-13-10-15(11-22-17(13)16(26)12-27-3)18-14(2)23-20-19(21-4-5-25(18)20)24-6-8-28-9-7-24/h4-5,10-11,13,16-17,26H,6-9,12H2,1-3H3. The highest BCUT2D eigenvalue weighted by molar-refractivity contribution is 6.10. The van der Waals surface area contributed by atoms with Gasteiger partial charge in [-0.15, -0.1) is 0 Å². The molecule has 0 amide bonds. The fourth-order valence-corrected chi connectivity index (χ4v) is 4.01. The Balaban J connectivity index is 1.69. The lowest BCUT2D eigenvalue weighted by Crippen LogP contribution is -2.37. The third kappa shape index (κ3) is 3.43. The highest BCUT2D eigenvalue weighted by atomic mass is 16.5. The number of aliphatic hydroxyl groups excluding tert-OH is 1. The number of aryl methyl sites for hydroxylation is 1. The van der Waals surface area contributed by atoms with Gasteiger partial charge in [0.25, 0.3) is 0 Å². The van der Waals surface area contributed by atoms with Gasteiger partial charge in [-0.3, -0.25) is 9.39 Å². The number of nitrogens with zero attached hydrogens (tertiary/aromatic N) is 5. The molecule has 1 fully saturated rings. The van der Waals surface area contributed by atoms with E-state index < -0.39 is 6.10 Å². The van der Waals surface area contributed by atoms with Crippen LogP contribution in [0.1, 0.15) is 18.3 Å². The summed E-state index contributed by atoms with van der Waals surface area (Å²) in [4.78, 5) is 16.2. The number of morpholine rings is 1. The summed E-state index contributed by atoms with van der Waals surface area (Å²) in [5, 5.41) is 10.3. The molecule has 150 valence electrons. The Morgan fingerprint density at radius 3 is 2.86 bits per heavy atom. The number of methoxy groups -OCH3 is 1. The molecule has 0 bridgehead atoms. The Kier molecular flexibility index (Phi) is 5.43. The maximum atomic E-state index is 10.3. The number of aliphatic hydroxyl groups is 1. The van der Waals surface area contributed by atoms with Gasteiger partial charge in [-0.1, -0.05) is 13.0 Å². The first-order valence-electron chi connectivity index (χ1n) is 9.69. The predicted octanol–water partition coefficient (Wildman–Crippen LogP) is 1.35. The lowest BCUT2D eigenvalue weighted by molar-refractivity contribution is 0.0410. The van der Waals surface area contributed by atoms with Gasteiger partial charge in [0.1, 0.15) is 6.10 Å². The first kappa shape index (κ1) is 19.0. The highest BCUT2D eigenvalue weighted by Crippen LogP contribution is 2.29. The van der Waals surface area contributed by atoms with Crippen LogP contribution in [0.4, 0.5) is 5.82 Å². The number of aromatic nitrogens is 3. The van der Waals surface area contributed by atoms with Crippen LogP contribution in [-0.4, -0.2) is 77.9 Å². The zero-order valence-corrected chi connectivity index (χ0v) is 16.6. The van der Waals surface area contributed by atoms with Crippen LogP contribution in [0, 0.1) is 12.8 Å². The van der Waals surface area contributed by atoms with Crippen molar-refractivity contribution in [2.45, 2.75) is 26.0 Å². The molecule has 3 atom stereocenters. The molecule has 8 nitrogen and oxygen atoms in total. The monoisotopic (exact) mass is 385 g/mol. The van der Waals surface area contributed by atoms with Crippen molar-refractivity contribution >= 4 is 23.3 Å². The van der Waals surface area contributed by atoms with E-state index >= 15 is 0 Å². The van der Waals surface area contributed by atoms with Crippen LogP contribution < -0.4 is 4.90 Å². The van der Waals surface area contributed by atoms with Crippen LogP contribution in [0.25, 0.3) is 11.2 Å². The van der Waals surface area contributed by atoms with E-state index in [-0.39, 0.29) is 18.6 Å². The fraction of sp³-hybridized carbons (Fsp3) is 0.550. The molecule has 1 N–H and O–H groups in total. The van der Waals surface area contributed by atoms with E-state index in [1.807, 2.05) is 25.5 Å². The molecule has 1 saturated heterocycles. The largest absolute Gasteiger partial charge is 0.388 e. The topological polar surface area (TPSA) is 84.5 Å². The smallest absolute Gasteiger partial charge is 0.181 e. The molecule has 2 aliphatic heterocycles. The van der Waals surface area contributed by atoms with Crippen LogP contribution in [0.3, 0.4) is 0 Å². The van der Waals surface area contributed by atoms with Crippen LogP contribution in [0.5, 0.6) is 0 Å². The maximum absolute atomic E-state index is 10.3. The number of hydrogen-bond acceptors (Lipinski definition) is 7. The van der Waals surface area contributed by atoms with E-state index in [9.17, 15) is 5.11 Å². The number of anilines is 1. The second-order valence-corrected chi connectivity index (χ2v) is 7.36. The summed E-state index contributed by atoms with van der Waals surface area (Å²) in [5.41, 5.74) is 3.81. The molecule has 0 aliphatic carbocycles. The number of dihydropyridines is 1. The molecule has 4 rings (SSSR count). The summed E-state index contributed by atoms with van der Waals surface area (Å²) in [5.74, 6) is 0.977. The number of fused-ring (bicyclic) bond motifs is 1.